The van der Waals surface area contributed by atoms with Gasteiger partial charge >= 0.3 is 5.97 Å². The molecular formula is C17H18N2O5S. The van der Waals surface area contributed by atoms with E-state index in [1.165, 1.54) is 31.2 Å². The van der Waals surface area contributed by atoms with E-state index in [-0.39, 0.29) is 17.2 Å². The summed E-state index contributed by atoms with van der Waals surface area (Å²) in [7, 11) is -4.01. The van der Waals surface area contributed by atoms with Crippen molar-refractivity contribution in [3.8, 4) is 0 Å². The molecule has 25 heavy (non-hydrogen) atoms. The minimum Gasteiger partial charge on any atom is -0.480 e. The van der Waals surface area contributed by atoms with Crippen LogP contribution < -0.4 is 10.0 Å². The Balaban J connectivity index is 2.16. The van der Waals surface area contributed by atoms with Gasteiger partial charge in [-0.2, -0.15) is 4.72 Å². The lowest BCUT2D eigenvalue weighted by atomic mass is 10.1. The normalized spacial score (nSPS) is 12.4. The smallest absolute Gasteiger partial charge is 0.322 e. The first-order valence-corrected chi connectivity index (χ1v) is 8.93. The van der Waals surface area contributed by atoms with Gasteiger partial charge in [-0.15, -0.1) is 0 Å². The average molecular weight is 362 g/mol. The largest absolute Gasteiger partial charge is 0.480 e. The lowest BCUT2D eigenvalue weighted by molar-refractivity contribution is -0.138. The Morgan fingerprint density at radius 1 is 1.04 bits per heavy atom. The fourth-order valence-electron chi connectivity index (χ4n) is 2.21. The second-order valence-electron chi connectivity index (χ2n) is 5.41. The SMILES string of the molecule is CC(=O)Nc1ccc(S(=O)(=O)N[C@H](Cc2ccccc2)C(=O)O)cc1. The van der Waals surface area contributed by atoms with E-state index >= 15 is 0 Å². The second-order valence-corrected chi connectivity index (χ2v) is 7.12. The van der Waals surface area contributed by atoms with Crippen molar-refractivity contribution >= 4 is 27.6 Å². The average Bonchev–Trinajstić information content (AvgIpc) is 2.55. The third kappa shape index (κ3) is 5.40. The van der Waals surface area contributed by atoms with E-state index in [0.717, 1.165) is 0 Å². The van der Waals surface area contributed by atoms with Crippen LogP contribution in [-0.2, 0) is 26.0 Å². The van der Waals surface area contributed by atoms with E-state index in [2.05, 4.69) is 10.0 Å². The van der Waals surface area contributed by atoms with Gasteiger partial charge in [0.05, 0.1) is 4.90 Å². The molecule has 1 atom stereocenters. The number of carbonyl (C=O) groups is 2. The summed E-state index contributed by atoms with van der Waals surface area (Å²) >= 11 is 0. The van der Waals surface area contributed by atoms with Gasteiger partial charge in [-0.05, 0) is 36.2 Å². The molecule has 0 radical (unpaired) electrons. The van der Waals surface area contributed by atoms with Gasteiger partial charge in [0.1, 0.15) is 6.04 Å². The molecule has 0 aliphatic carbocycles. The molecule has 0 fully saturated rings. The maximum Gasteiger partial charge on any atom is 0.322 e. The molecule has 1 amide bonds. The van der Waals surface area contributed by atoms with Crippen LogP contribution in [0.4, 0.5) is 5.69 Å². The van der Waals surface area contributed by atoms with Gasteiger partial charge in [-0.25, -0.2) is 8.42 Å². The molecule has 0 unspecified atom stereocenters. The van der Waals surface area contributed by atoms with Crippen LogP contribution in [0.15, 0.2) is 59.5 Å². The van der Waals surface area contributed by atoms with Gasteiger partial charge in [0.25, 0.3) is 0 Å². The van der Waals surface area contributed by atoms with Crippen LogP contribution in [0.5, 0.6) is 0 Å². The summed E-state index contributed by atoms with van der Waals surface area (Å²) in [5, 5.41) is 11.8. The molecule has 7 nitrogen and oxygen atoms in total. The van der Waals surface area contributed by atoms with E-state index < -0.39 is 22.0 Å². The van der Waals surface area contributed by atoms with E-state index in [1.54, 1.807) is 30.3 Å². The minimum absolute atomic E-state index is 0.0272. The monoisotopic (exact) mass is 362 g/mol. The maximum atomic E-state index is 12.4. The van der Waals surface area contributed by atoms with Crippen molar-refractivity contribution in [1.82, 2.24) is 4.72 Å². The molecule has 0 saturated carbocycles. The van der Waals surface area contributed by atoms with Gasteiger partial charge in [-0.1, -0.05) is 30.3 Å². The first-order chi connectivity index (χ1) is 11.8. The molecule has 0 aliphatic rings. The Bertz CT molecular complexity index is 848. The van der Waals surface area contributed by atoms with Crippen LogP contribution in [0.2, 0.25) is 0 Å². The molecule has 132 valence electrons. The number of nitrogens with one attached hydrogen (secondary N) is 2. The Hall–Kier alpha value is -2.71. The van der Waals surface area contributed by atoms with Gasteiger partial charge in [-0.3, -0.25) is 9.59 Å². The molecule has 8 heteroatoms. The number of sulfonamides is 1. The molecule has 0 heterocycles. The van der Waals surface area contributed by atoms with Crippen LogP contribution in [-0.4, -0.2) is 31.4 Å². The van der Waals surface area contributed by atoms with E-state index in [0.29, 0.717) is 11.3 Å². The van der Waals surface area contributed by atoms with Crippen LogP contribution >= 0.6 is 0 Å². The summed E-state index contributed by atoms with van der Waals surface area (Å²) < 4.78 is 27.0. The highest BCUT2D eigenvalue weighted by molar-refractivity contribution is 7.89. The molecule has 3 N–H and O–H groups in total. The van der Waals surface area contributed by atoms with Crippen molar-refractivity contribution < 1.29 is 23.1 Å². The van der Waals surface area contributed by atoms with Crippen molar-refractivity contribution in [2.45, 2.75) is 24.3 Å². The van der Waals surface area contributed by atoms with Gasteiger partial charge in [0, 0.05) is 12.6 Å². The zero-order chi connectivity index (χ0) is 18.4. The number of benzene rings is 2. The Morgan fingerprint density at radius 3 is 2.16 bits per heavy atom. The van der Waals surface area contributed by atoms with Crippen molar-refractivity contribution in [3.05, 3.63) is 60.2 Å². The standard InChI is InChI=1S/C17H18N2O5S/c1-12(20)18-14-7-9-15(10-8-14)25(23,24)19-16(17(21)22)11-13-5-3-2-4-6-13/h2-10,16,19H,11H2,1H3,(H,18,20)(H,21,22)/t16-/m1/s1. The zero-order valence-electron chi connectivity index (χ0n) is 13.5. The molecular weight excluding hydrogens is 344 g/mol. The number of aliphatic carboxylic acids is 1. The first-order valence-electron chi connectivity index (χ1n) is 7.44. The molecule has 0 aliphatic heterocycles. The lowest BCUT2D eigenvalue weighted by Crippen LogP contribution is -2.42. The highest BCUT2D eigenvalue weighted by atomic mass is 32.2. The lowest BCUT2D eigenvalue weighted by Gasteiger charge is -2.15. The van der Waals surface area contributed by atoms with Crippen molar-refractivity contribution in [2.24, 2.45) is 0 Å². The fraction of sp³-hybridized carbons (Fsp3) is 0.176. The van der Waals surface area contributed by atoms with Gasteiger partial charge < -0.3 is 10.4 Å². The highest BCUT2D eigenvalue weighted by Crippen LogP contribution is 2.15. The third-order valence-electron chi connectivity index (χ3n) is 3.36. The quantitative estimate of drug-likeness (QED) is 0.693. The number of anilines is 1. The minimum atomic E-state index is -4.01. The summed E-state index contributed by atoms with van der Waals surface area (Å²) in [6, 6.07) is 12.9. The predicted molar refractivity (Wildman–Crippen MR) is 92.6 cm³/mol. The number of hydrogen-bond acceptors (Lipinski definition) is 4. The number of rotatable bonds is 7. The zero-order valence-corrected chi connectivity index (χ0v) is 14.3. The third-order valence-corrected chi connectivity index (χ3v) is 4.85. The molecule has 0 spiro atoms. The first kappa shape index (κ1) is 18.6. The Morgan fingerprint density at radius 2 is 1.64 bits per heavy atom. The summed E-state index contributed by atoms with van der Waals surface area (Å²) in [6.07, 6.45) is 0.0272. The molecule has 2 aromatic rings. The fourth-order valence-corrected chi connectivity index (χ4v) is 3.39. The summed E-state index contributed by atoms with van der Waals surface area (Å²) in [4.78, 5) is 22.3. The Kier molecular flexibility index (Phi) is 5.89. The second kappa shape index (κ2) is 7.91. The van der Waals surface area contributed by atoms with Crippen LogP contribution in [0.1, 0.15) is 12.5 Å². The predicted octanol–water partition coefficient (Wildman–Crippen LogP) is 1.62. The van der Waals surface area contributed by atoms with E-state index in [4.69, 9.17) is 0 Å². The molecule has 2 rings (SSSR count). The van der Waals surface area contributed by atoms with Crippen LogP contribution in [0.25, 0.3) is 0 Å². The number of carbonyl (C=O) groups excluding carboxylic acids is 1. The number of carboxylic acids is 1. The highest BCUT2D eigenvalue weighted by Gasteiger charge is 2.25. The molecule has 0 aromatic heterocycles. The van der Waals surface area contributed by atoms with Crippen molar-refractivity contribution in [2.75, 3.05) is 5.32 Å². The molecule has 0 saturated heterocycles. The van der Waals surface area contributed by atoms with Gasteiger partial charge in [0.2, 0.25) is 15.9 Å². The van der Waals surface area contributed by atoms with Crippen LogP contribution in [0, 0.1) is 0 Å². The molecule has 2 aromatic carbocycles. The van der Waals surface area contributed by atoms with E-state index in [1.807, 2.05) is 0 Å². The summed E-state index contributed by atoms with van der Waals surface area (Å²) in [6.45, 7) is 1.34. The maximum absolute atomic E-state index is 12.4. The van der Waals surface area contributed by atoms with Crippen LogP contribution in [0.3, 0.4) is 0 Å². The van der Waals surface area contributed by atoms with E-state index in [9.17, 15) is 23.1 Å². The van der Waals surface area contributed by atoms with Gasteiger partial charge in [0.15, 0.2) is 0 Å². The number of hydrogen-bond donors (Lipinski definition) is 3. The summed E-state index contributed by atoms with van der Waals surface area (Å²) in [5.74, 6) is -1.54. The molecule has 0 bridgehead atoms. The van der Waals surface area contributed by atoms with Crippen molar-refractivity contribution in [3.63, 3.8) is 0 Å². The Labute approximate surface area is 145 Å². The van der Waals surface area contributed by atoms with Crippen molar-refractivity contribution in [1.29, 1.82) is 0 Å². The number of amides is 1. The topological polar surface area (TPSA) is 113 Å². The summed E-state index contributed by atoms with van der Waals surface area (Å²) in [5.41, 5.74) is 1.16. The number of carboxylic acid groups (broad SMARTS) is 1.